The van der Waals surface area contributed by atoms with Crippen LogP contribution in [-0.2, 0) is 6.42 Å². The second-order valence-electron chi connectivity index (χ2n) is 4.98. The van der Waals surface area contributed by atoms with Gasteiger partial charge in [-0.1, -0.05) is 0 Å². The topological polar surface area (TPSA) is 41.1 Å². The molecule has 0 unspecified atom stereocenters. The van der Waals surface area contributed by atoms with Gasteiger partial charge in [-0.3, -0.25) is 4.79 Å². The molecule has 0 saturated carbocycles. The minimum Gasteiger partial charge on any atom is -0.385 e. The van der Waals surface area contributed by atoms with Crippen molar-refractivity contribution >= 4 is 33.2 Å². The minimum absolute atomic E-state index is 0.259. The molecule has 108 valence electrons. The van der Waals surface area contributed by atoms with Gasteiger partial charge in [0.2, 0.25) is 0 Å². The standard InChI is InChI=1S/C16H14BrFN2O/c17-14-9-11(18)3-5-13(14)16(21)20-12-4-6-15-10(8-12)2-1-7-19-15/h3-6,8-9,19H,1-2,7H2,(H,20,21). The lowest BCUT2D eigenvalue weighted by atomic mass is 10.0. The van der Waals surface area contributed by atoms with Crippen LogP contribution in [0.3, 0.4) is 0 Å². The summed E-state index contributed by atoms with van der Waals surface area (Å²) < 4.78 is 13.5. The van der Waals surface area contributed by atoms with Crippen LogP contribution in [0.1, 0.15) is 22.3 Å². The van der Waals surface area contributed by atoms with E-state index >= 15 is 0 Å². The fourth-order valence-corrected chi connectivity index (χ4v) is 2.96. The van der Waals surface area contributed by atoms with Crippen molar-refractivity contribution in [3.63, 3.8) is 0 Å². The maximum atomic E-state index is 13.1. The number of aryl methyl sites for hydroxylation is 1. The molecule has 0 atom stereocenters. The zero-order valence-electron chi connectivity index (χ0n) is 11.2. The van der Waals surface area contributed by atoms with E-state index in [4.69, 9.17) is 0 Å². The van der Waals surface area contributed by atoms with E-state index in [9.17, 15) is 9.18 Å². The molecule has 21 heavy (non-hydrogen) atoms. The third-order valence-corrected chi connectivity index (χ3v) is 4.13. The highest BCUT2D eigenvalue weighted by molar-refractivity contribution is 9.10. The summed E-state index contributed by atoms with van der Waals surface area (Å²) in [5.41, 5.74) is 3.49. The molecule has 1 amide bonds. The largest absolute Gasteiger partial charge is 0.385 e. The van der Waals surface area contributed by atoms with Crippen LogP contribution < -0.4 is 10.6 Å². The van der Waals surface area contributed by atoms with Gasteiger partial charge in [-0.2, -0.15) is 0 Å². The lowest BCUT2D eigenvalue weighted by Crippen LogP contribution is -2.15. The molecule has 1 heterocycles. The summed E-state index contributed by atoms with van der Waals surface area (Å²) in [5.74, 6) is -0.635. The van der Waals surface area contributed by atoms with E-state index in [-0.39, 0.29) is 11.7 Å². The van der Waals surface area contributed by atoms with Gasteiger partial charge in [-0.05, 0) is 70.7 Å². The molecular formula is C16H14BrFN2O. The quantitative estimate of drug-likeness (QED) is 0.853. The first-order valence-corrected chi connectivity index (χ1v) is 7.56. The van der Waals surface area contributed by atoms with Crippen molar-refractivity contribution in [1.29, 1.82) is 0 Å². The average Bonchev–Trinajstić information content (AvgIpc) is 2.47. The molecule has 3 rings (SSSR count). The predicted molar refractivity (Wildman–Crippen MR) is 85.3 cm³/mol. The third-order valence-electron chi connectivity index (χ3n) is 3.48. The molecule has 0 aromatic heterocycles. The van der Waals surface area contributed by atoms with Crippen LogP contribution in [0.5, 0.6) is 0 Å². The zero-order valence-corrected chi connectivity index (χ0v) is 12.8. The van der Waals surface area contributed by atoms with Gasteiger partial charge in [-0.15, -0.1) is 0 Å². The Hall–Kier alpha value is -1.88. The maximum absolute atomic E-state index is 13.1. The number of benzene rings is 2. The van der Waals surface area contributed by atoms with Gasteiger partial charge in [-0.25, -0.2) is 4.39 Å². The molecule has 0 radical (unpaired) electrons. The Morgan fingerprint density at radius 3 is 2.90 bits per heavy atom. The lowest BCUT2D eigenvalue weighted by molar-refractivity contribution is 0.102. The van der Waals surface area contributed by atoms with E-state index in [0.717, 1.165) is 30.8 Å². The summed E-state index contributed by atoms with van der Waals surface area (Å²) in [7, 11) is 0. The van der Waals surface area contributed by atoms with Gasteiger partial charge in [0.1, 0.15) is 5.82 Å². The summed E-state index contributed by atoms with van der Waals surface area (Å²) in [6.45, 7) is 0.987. The number of hydrogen-bond acceptors (Lipinski definition) is 2. The summed E-state index contributed by atoms with van der Waals surface area (Å²) in [5, 5.41) is 6.18. The first kappa shape index (κ1) is 14.1. The Morgan fingerprint density at radius 1 is 1.24 bits per heavy atom. The smallest absolute Gasteiger partial charge is 0.256 e. The first-order chi connectivity index (χ1) is 10.1. The van der Waals surface area contributed by atoms with Crippen LogP contribution in [-0.4, -0.2) is 12.5 Å². The maximum Gasteiger partial charge on any atom is 0.256 e. The van der Waals surface area contributed by atoms with Crippen molar-refractivity contribution < 1.29 is 9.18 Å². The first-order valence-electron chi connectivity index (χ1n) is 6.77. The Bertz CT molecular complexity index is 703. The zero-order chi connectivity index (χ0) is 14.8. The predicted octanol–water partition coefficient (Wildman–Crippen LogP) is 4.20. The van der Waals surface area contributed by atoms with E-state index in [1.165, 1.54) is 23.8 Å². The third kappa shape index (κ3) is 3.08. The molecule has 5 heteroatoms. The Morgan fingerprint density at radius 2 is 2.10 bits per heavy atom. The van der Waals surface area contributed by atoms with Crippen LogP contribution in [0.25, 0.3) is 0 Å². The molecule has 0 spiro atoms. The molecule has 3 nitrogen and oxygen atoms in total. The normalized spacial score (nSPS) is 13.2. The summed E-state index contributed by atoms with van der Waals surface area (Å²) in [6.07, 6.45) is 2.10. The highest BCUT2D eigenvalue weighted by Crippen LogP contribution is 2.26. The van der Waals surface area contributed by atoms with E-state index in [0.29, 0.717) is 10.0 Å². The van der Waals surface area contributed by atoms with Gasteiger partial charge in [0.25, 0.3) is 5.91 Å². The second kappa shape index (κ2) is 5.85. The molecule has 2 N–H and O–H groups in total. The number of carbonyl (C=O) groups is 1. The lowest BCUT2D eigenvalue weighted by Gasteiger charge is -2.19. The van der Waals surface area contributed by atoms with Crippen LogP contribution in [0.15, 0.2) is 40.9 Å². The van der Waals surface area contributed by atoms with Gasteiger partial charge in [0, 0.05) is 22.4 Å². The molecule has 0 bridgehead atoms. The van der Waals surface area contributed by atoms with Crippen LogP contribution in [0, 0.1) is 5.82 Å². The number of amides is 1. The Balaban J connectivity index is 1.81. The van der Waals surface area contributed by atoms with E-state index in [2.05, 4.69) is 26.6 Å². The Kier molecular flexibility index (Phi) is 3.92. The van der Waals surface area contributed by atoms with E-state index < -0.39 is 0 Å². The molecule has 0 fully saturated rings. The van der Waals surface area contributed by atoms with Gasteiger partial charge >= 0.3 is 0 Å². The van der Waals surface area contributed by atoms with Crippen LogP contribution in [0.4, 0.5) is 15.8 Å². The molecule has 0 aliphatic carbocycles. The van der Waals surface area contributed by atoms with Crippen molar-refractivity contribution in [3.05, 3.63) is 57.8 Å². The molecule has 1 aliphatic rings. The van der Waals surface area contributed by atoms with Gasteiger partial charge in [0.05, 0.1) is 5.56 Å². The van der Waals surface area contributed by atoms with Gasteiger partial charge < -0.3 is 10.6 Å². The summed E-state index contributed by atoms with van der Waals surface area (Å²) >= 11 is 3.21. The second-order valence-corrected chi connectivity index (χ2v) is 5.83. The number of nitrogens with one attached hydrogen (secondary N) is 2. The number of rotatable bonds is 2. The number of anilines is 2. The number of halogens is 2. The molecule has 2 aromatic carbocycles. The number of carbonyl (C=O) groups excluding carboxylic acids is 1. The van der Waals surface area contributed by atoms with Crippen molar-refractivity contribution in [2.75, 3.05) is 17.2 Å². The van der Waals surface area contributed by atoms with Crippen molar-refractivity contribution in [1.82, 2.24) is 0 Å². The summed E-state index contributed by atoms with van der Waals surface area (Å²) in [4.78, 5) is 12.2. The number of hydrogen-bond donors (Lipinski definition) is 2. The van der Waals surface area contributed by atoms with Gasteiger partial charge in [0.15, 0.2) is 0 Å². The van der Waals surface area contributed by atoms with E-state index in [1.54, 1.807) is 0 Å². The highest BCUT2D eigenvalue weighted by atomic mass is 79.9. The molecule has 1 aliphatic heterocycles. The van der Waals surface area contributed by atoms with Crippen molar-refractivity contribution in [2.45, 2.75) is 12.8 Å². The fourth-order valence-electron chi connectivity index (χ4n) is 2.42. The monoisotopic (exact) mass is 348 g/mol. The van der Waals surface area contributed by atoms with Crippen LogP contribution in [0.2, 0.25) is 0 Å². The number of fused-ring (bicyclic) bond motifs is 1. The minimum atomic E-state index is -0.377. The van der Waals surface area contributed by atoms with Crippen LogP contribution >= 0.6 is 15.9 Å². The summed E-state index contributed by atoms with van der Waals surface area (Å²) in [6, 6.07) is 9.85. The average molecular weight is 349 g/mol. The Labute approximate surface area is 130 Å². The van der Waals surface area contributed by atoms with Crippen molar-refractivity contribution in [3.8, 4) is 0 Å². The molecule has 2 aromatic rings. The molecular weight excluding hydrogens is 335 g/mol. The van der Waals surface area contributed by atoms with Crippen molar-refractivity contribution in [2.24, 2.45) is 0 Å². The SMILES string of the molecule is O=C(Nc1ccc2c(c1)CCCN2)c1ccc(F)cc1Br. The highest BCUT2D eigenvalue weighted by Gasteiger charge is 2.13. The van der Waals surface area contributed by atoms with E-state index in [1.807, 2.05) is 18.2 Å². The fraction of sp³-hybridized carbons (Fsp3) is 0.188. The molecule has 0 saturated heterocycles.